The Morgan fingerprint density at radius 2 is 2.00 bits per heavy atom. The maximum atomic E-state index is 12.2. The molecule has 2 rings (SSSR count). The summed E-state index contributed by atoms with van der Waals surface area (Å²) in [6.07, 6.45) is 1.46. The van der Waals surface area contributed by atoms with Gasteiger partial charge >= 0.3 is 0 Å². The third kappa shape index (κ3) is 2.58. The van der Waals surface area contributed by atoms with Gasteiger partial charge in [-0.05, 0) is 12.1 Å². The molecule has 1 heterocycles. The number of ether oxygens (including phenoxy) is 1. The van der Waals surface area contributed by atoms with Crippen molar-refractivity contribution in [1.82, 2.24) is 4.90 Å². The number of hydrogen-bond donors (Lipinski definition) is 0. The first-order valence-corrected chi connectivity index (χ1v) is 5.37. The SMILES string of the molecule is O=C=Nc1ccccc1C(=O)N1CCOCC1. The monoisotopic (exact) mass is 232 g/mol. The van der Waals surface area contributed by atoms with Gasteiger partial charge in [0.1, 0.15) is 0 Å². The van der Waals surface area contributed by atoms with Crippen molar-refractivity contribution in [1.29, 1.82) is 0 Å². The second-order valence-electron chi connectivity index (χ2n) is 3.62. The van der Waals surface area contributed by atoms with Crippen LogP contribution in [0.1, 0.15) is 10.4 Å². The summed E-state index contributed by atoms with van der Waals surface area (Å²) in [5, 5.41) is 0. The van der Waals surface area contributed by atoms with Crippen LogP contribution in [-0.2, 0) is 9.53 Å². The number of carbonyl (C=O) groups excluding carboxylic acids is 2. The minimum atomic E-state index is -0.122. The van der Waals surface area contributed by atoms with Crippen molar-refractivity contribution in [2.75, 3.05) is 26.3 Å². The Kier molecular flexibility index (Phi) is 3.65. The van der Waals surface area contributed by atoms with Gasteiger partial charge in [-0.2, -0.15) is 4.99 Å². The van der Waals surface area contributed by atoms with E-state index < -0.39 is 0 Å². The van der Waals surface area contributed by atoms with Crippen LogP contribution in [0.25, 0.3) is 0 Å². The Balaban J connectivity index is 2.26. The van der Waals surface area contributed by atoms with Crippen LogP contribution in [0, 0.1) is 0 Å². The van der Waals surface area contributed by atoms with Crippen LogP contribution in [0.15, 0.2) is 29.3 Å². The molecule has 0 spiro atoms. The van der Waals surface area contributed by atoms with Crippen molar-refractivity contribution in [3.63, 3.8) is 0 Å². The summed E-state index contributed by atoms with van der Waals surface area (Å²) < 4.78 is 5.18. The molecule has 1 aliphatic rings. The lowest BCUT2D eigenvalue weighted by Gasteiger charge is -2.27. The number of amides is 1. The molecule has 1 aromatic rings. The number of nitrogens with zero attached hydrogens (tertiary/aromatic N) is 2. The Labute approximate surface area is 98.7 Å². The normalized spacial score (nSPS) is 15.2. The first kappa shape index (κ1) is 11.5. The second-order valence-corrected chi connectivity index (χ2v) is 3.62. The van der Waals surface area contributed by atoms with Crippen molar-refractivity contribution >= 4 is 17.7 Å². The second kappa shape index (κ2) is 5.39. The molecule has 88 valence electrons. The lowest BCUT2D eigenvalue weighted by Crippen LogP contribution is -2.40. The van der Waals surface area contributed by atoms with Crippen molar-refractivity contribution in [2.45, 2.75) is 0 Å². The van der Waals surface area contributed by atoms with Crippen LogP contribution in [0.3, 0.4) is 0 Å². The van der Waals surface area contributed by atoms with E-state index in [4.69, 9.17) is 4.74 Å². The predicted octanol–water partition coefficient (Wildman–Crippen LogP) is 1.13. The molecule has 0 aliphatic carbocycles. The lowest BCUT2D eigenvalue weighted by atomic mass is 10.1. The van der Waals surface area contributed by atoms with Crippen molar-refractivity contribution in [2.24, 2.45) is 4.99 Å². The Bertz CT molecular complexity index is 461. The molecule has 1 saturated heterocycles. The van der Waals surface area contributed by atoms with Gasteiger partial charge in [0.25, 0.3) is 5.91 Å². The van der Waals surface area contributed by atoms with E-state index in [1.54, 1.807) is 29.2 Å². The topological polar surface area (TPSA) is 59.0 Å². The highest BCUT2D eigenvalue weighted by molar-refractivity contribution is 5.99. The predicted molar refractivity (Wildman–Crippen MR) is 60.9 cm³/mol. The molecular formula is C12H12N2O3. The van der Waals surface area contributed by atoms with E-state index in [9.17, 15) is 9.59 Å². The minimum Gasteiger partial charge on any atom is -0.378 e. The van der Waals surface area contributed by atoms with Gasteiger partial charge in [0.05, 0.1) is 24.5 Å². The number of carbonyl (C=O) groups is 1. The third-order valence-electron chi connectivity index (χ3n) is 2.60. The third-order valence-corrected chi connectivity index (χ3v) is 2.60. The van der Waals surface area contributed by atoms with Gasteiger partial charge in [0.15, 0.2) is 0 Å². The molecule has 5 nitrogen and oxygen atoms in total. The molecule has 5 heteroatoms. The van der Waals surface area contributed by atoms with Crippen LogP contribution in [0.2, 0.25) is 0 Å². The molecule has 17 heavy (non-hydrogen) atoms. The summed E-state index contributed by atoms with van der Waals surface area (Å²) in [5.41, 5.74) is 0.789. The highest BCUT2D eigenvalue weighted by atomic mass is 16.5. The zero-order valence-electron chi connectivity index (χ0n) is 9.26. The van der Waals surface area contributed by atoms with E-state index in [-0.39, 0.29) is 5.91 Å². The van der Waals surface area contributed by atoms with Crippen LogP contribution < -0.4 is 0 Å². The highest BCUT2D eigenvalue weighted by Crippen LogP contribution is 2.20. The number of isocyanates is 1. The molecule has 0 aromatic heterocycles. The van der Waals surface area contributed by atoms with Gasteiger partial charge in [-0.15, -0.1) is 0 Å². The number of aliphatic imine (C=N–C) groups is 1. The van der Waals surface area contributed by atoms with Crippen molar-refractivity contribution in [3.05, 3.63) is 29.8 Å². The number of morpholine rings is 1. The van der Waals surface area contributed by atoms with E-state index >= 15 is 0 Å². The number of benzene rings is 1. The van der Waals surface area contributed by atoms with E-state index in [0.29, 0.717) is 37.6 Å². The molecule has 1 fully saturated rings. The first-order chi connectivity index (χ1) is 8.33. The van der Waals surface area contributed by atoms with E-state index in [2.05, 4.69) is 4.99 Å². The molecule has 0 N–H and O–H groups in total. The first-order valence-electron chi connectivity index (χ1n) is 5.37. The van der Waals surface area contributed by atoms with E-state index in [1.807, 2.05) is 0 Å². The maximum Gasteiger partial charge on any atom is 0.256 e. The van der Waals surface area contributed by atoms with Crippen LogP contribution in [0.4, 0.5) is 5.69 Å². The number of rotatable bonds is 2. The largest absolute Gasteiger partial charge is 0.378 e. The van der Waals surface area contributed by atoms with Crippen LogP contribution in [0.5, 0.6) is 0 Å². The van der Waals surface area contributed by atoms with Gasteiger partial charge < -0.3 is 9.64 Å². The Morgan fingerprint density at radius 1 is 1.29 bits per heavy atom. The number of para-hydroxylation sites is 1. The number of hydrogen-bond acceptors (Lipinski definition) is 4. The van der Waals surface area contributed by atoms with Gasteiger partial charge in [-0.25, -0.2) is 4.79 Å². The van der Waals surface area contributed by atoms with E-state index in [0.717, 1.165) is 0 Å². The summed E-state index contributed by atoms with van der Waals surface area (Å²) >= 11 is 0. The van der Waals surface area contributed by atoms with E-state index in [1.165, 1.54) is 6.08 Å². The lowest BCUT2D eigenvalue weighted by molar-refractivity contribution is 0.0303. The van der Waals surface area contributed by atoms with Crippen molar-refractivity contribution in [3.8, 4) is 0 Å². The van der Waals surface area contributed by atoms with Crippen molar-refractivity contribution < 1.29 is 14.3 Å². The van der Waals surface area contributed by atoms with Gasteiger partial charge in [-0.3, -0.25) is 4.79 Å². The van der Waals surface area contributed by atoms with Crippen LogP contribution in [-0.4, -0.2) is 43.2 Å². The Morgan fingerprint density at radius 3 is 2.71 bits per heavy atom. The molecule has 1 aliphatic heterocycles. The molecule has 0 unspecified atom stereocenters. The fourth-order valence-corrected chi connectivity index (χ4v) is 1.74. The molecule has 1 amide bonds. The zero-order chi connectivity index (χ0) is 12.1. The summed E-state index contributed by atoms with van der Waals surface area (Å²) in [7, 11) is 0. The molecule has 0 bridgehead atoms. The molecular weight excluding hydrogens is 220 g/mol. The van der Waals surface area contributed by atoms with Gasteiger partial charge in [0, 0.05) is 13.1 Å². The molecule has 0 saturated carbocycles. The Hall–Kier alpha value is -1.97. The highest BCUT2D eigenvalue weighted by Gasteiger charge is 2.20. The fourth-order valence-electron chi connectivity index (χ4n) is 1.74. The summed E-state index contributed by atoms with van der Waals surface area (Å²) in [5.74, 6) is -0.122. The van der Waals surface area contributed by atoms with Crippen LogP contribution >= 0.6 is 0 Å². The zero-order valence-corrected chi connectivity index (χ0v) is 9.26. The summed E-state index contributed by atoms with van der Waals surface area (Å²) in [6.45, 7) is 2.23. The average molecular weight is 232 g/mol. The fraction of sp³-hybridized carbons (Fsp3) is 0.333. The minimum absolute atomic E-state index is 0.122. The van der Waals surface area contributed by atoms with Gasteiger partial charge in [-0.1, -0.05) is 12.1 Å². The smallest absolute Gasteiger partial charge is 0.256 e. The summed E-state index contributed by atoms with van der Waals surface area (Å²) in [6, 6.07) is 6.76. The standard InChI is InChI=1S/C12H12N2O3/c15-9-13-11-4-2-1-3-10(11)12(16)14-5-7-17-8-6-14/h1-4H,5-8H2. The molecule has 1 aromatic carbocycles. The molecule has 0 radical (unpaired) electrons. The maximum absolute atomic E-state index is 12.2. The quantitative estimate of drug-likeness (QED) is 0.567. The van der Waals surface area contributed by atoms with Gasteiger partial charge in [0.2, 0.25) is 6.08 Å². The average Bonchev–Trinajstić information content (AvgIpc) is 2.40. The summed E-state index contributed by atoms with van der Waals surface area (Å²) in [4.78, 5) is 27.7. The molecule has 0 atom stereocenters.